The first-order chi connectivity index (χ1) is 8.47. The molecule has 0 aromatic carbocycles. The van der Waals surface area contributed by atoms with E-state index < -0.39 is 0 Å². The highest BCUT2D eigenvalue weighted by molar-refractivity contribution is 4.84. The van der Waals surface area contributed by atoms with Gasteiger partial charge in [-0.1, -0.05) is 20.8 Å². The standard InChI is InChI=1S/C16H32N2/c1-13(7-10-17-15-5-6-15)18-11-8-14(9-12-18)16(2,3)4/h13-15,17H,5-12H2,1-4H3. The Kier molecular flexibility index (Phi) is 4.71. The van der Waals surface area contributed by atoms with Crippen molar-refractivity contribution in [2.75, 3.05) is 19.6 Å². The lowest BCUT2D eigenvalue weighted by molar-refractivity contribution is 0.0850. The van der Waals surface area contributed by atoms with Gasteiger partial charge in [-0.3, -0.25) is 0 Å². The Hall–Kier alpha value is -0.0800. The molecule has 0 radical (unpaired) electrons. The molecule has 0 aromatic heterocycles. The van der Waals surface area contributed by atoms with E-state index in [0.717, 1.165) is 18.0 Å². The van der Waals surface area contributed by atoms with Crippen molar-refractivity contribution in [2.24, 2.45) is 11.3 Å². The Morgan fingerprint density at radius 3 is 2.22 bits per heavy atom. The molecule has 1 saturated carbocycles. The summed E-state index contributed by atoms with van der Waals surface area (Å²) in [6.45, 7) is 13.4. The van der Waals surface area contributed by atoms with Gasteiger partial charge in [-0.05, 0) is 70.0 Å². The van der Waals surface area contributed by atoms with Crippen LogP contribution in [0.5, 0.6) is 0 Å². The van der Waals surface area contributed by atoms with Gasteiger partial charge in [0.1, 0.15) is 0 Å². The van der Waals surface area contributed by atoms with Crippen molar-refractivity contribution in [1.82, 2.24) is 10.2 Å². The van der Waals surface area contributed by atoms with Crippen LogP contribution in [0.15, 0.2) is 0 Å². The predicted octanol–water partition coefficient (Wildman–Crippen LogP) is 3.28. The summed E-state index contributed by atoms with van der Waals surface area (Å²) >= 11 is 0. The Labute approximate surface area is 114 Å². The first-order valence-corrected chi connectivity index (χ1v) is 7.94. The molecule has 2 nitrogen and oxygen atoms in total. The molecule has 1 N–H and O–H groups in total. The van der Waals surface area contributed by atoms with E-state index in [2.05, 4.69) is 37.9 Å². The lowest BCUT2D eigenvalue weighted by Crippen LogP contribution is -2.43. The maximum Gasteiger partial charge on any atom is 0.00790 e. The highest BCUT2D eigenvalue weighted by Gasteiger charge is 2.30. The summed E-state index contributed by atoms with van der Waals surface area (Å²) in [7, 11) is 0. The Bertz CT molecular complexity index is 244. The van der Waals surface area contributed by atoms with E-state index in [0.29, 0.717) is 5.41 Å². The molecule has 1 saturated heterocycles. The fourth-order valence-corrected chi connectivity index (χ4v) is 3.17. The third-order valence-electron chi connectivity index (χ3n) is 4.95. The third kappa shape index (κ3) is 4.24. The van der Waals surface area contributed by atoms with Crippen molar-refractivity contribution < 1.29 is 0 Å². The summed E-state index contributed by atoms with van der Waals surface area (Å²) in [6.07, 6.45) is 6.92. The maximum absolute atomic E-state index is 3.63. The summed E-state index contributed by atoms with van der Waals surface area (Å²) in [5.74, 6) is 0.922. The highest BCUT2D eigenvalue weighted by Crippen LogP contribution is 2.34. The molecule has 0 amide bonds. The molecule has 2 aliphatic rings. The largest absolute Gasteiger partial charge is 0.314 e. The molecule has 2 heteroatoms. The SMILES string of the molecule is CC(CCNC1CC1)N1CCC(C(C)(C)C)CC1. The van der Waals surface area contributed by atoms with Gasteiger partial charge in [-0.25, -0.2) is 0 Å². The van der Waals surface area contributed by atoms with Crippen LogP contribution in [0, 0.1) is 11.3 Å². The first kappa shape index (κ1) is 14.3. The van der Waals surface area contributed by atoms with E-state index in [4.69, 9.17) is 0 Å². The molecule has 1 aliphatic carbocycles. The van der Waals surface area contributed by atoms with E-state index in [-0.39, 0.29) is 0 Å². The van der Waals surface area contributed by atoms with Crippen molar-refractivity contribution in [1.29, 1.82) is 0 Å². The molecule has 1 atom stereocenters. The van der Waals surface area contributed by atoms with E-state index >= 15 is 0 Å². The molecule has 1 aliphatic heterocycles. The third-order valence-corrected chi connectivity index (χ3v) is 4.95. The van der Waals surface area contributed by atoms with Gasteiger partial charge in [0.15, 0.2) is 0 Å². The molecular formula is C16H32N2. The van der Waals surface area contributed by atoms with Crippen LogP contribution in [0.25, 0.3) is 0 Å². The summed E-state index contributed by atoms with van der Waals surface area (Å²) < 4.78 is 0. The number of nitrogens with one attached hydrogen (secondary N) is 1. The highest BCUT2D eigenvalue weighted by atomic mass is 15.2. The lowest BCUT2D eigenvalue weighted by Gasteiger charge is -2.41. The Morgan fingerprint density at radius 2 is 1.72 bits per heavy atom. The van der Waals surface area contributed by atoms with Crippen molar-refractivity contribution >= 4 is 0 Å². The summed E-state index contributed by atoms with van der Waals surface area (Å²) in [5, 5.41) is 3.63. The van der Waals surface area contributed by atoms with Gasteiger partial charge in [-0.15, -0.1) is 0 Å². The average Bonchev–Trinajstić information content (AvgIpc) is 3.12. The van der Waals surface area contributed by atoms with Gasteiger partial charge >= 0.3 is 0 Å². The van der Waals surface area contributed by atoms with Crippen LogP contribution in [-0.4, -0.2) is 36.6 Å². The monoisotopic (exact) mass is 252 g/mol. The minimum atomic E-state index is 0.503. The molecule has 106 valence electrons. The summed E-state index contributed by atoms with van der Waals surface area (Å²) in [5.41, 5.74) is 0.503. The Morgan fingerprint density at radius 1 is 1.11 bits per heavy atom. The quantitative estimate of drug-likeness (QED) is 0.808. The fraction of sp³-hybridized carbons (Fsp3) is 1.00. The fourth-order valence-electron chi connectivity index (χ4n) is 3.17. The first-order valence-electron chi connectivity index (χ1n) is 7.94. The average molecular weight is 252 g/mol. The van der Waals surface area contributed by atoms with Gasteiger partial charge < -0.3 is 10.2 Å². The molecule has 1 heterocycles. The van der Waals surface area contributed by atoms with Crippen LogP contribution in [-0.2, 0) is 0 Å². The predicted molar refractivity (Wildman–Crippen MR) is 78.9 cm³/mol. The van der Waals surface area contributed by atoms with Crippen LogP contribution in [0.1, 0.15) is 59.8 Å². The topological polar surface area (TPSA) is 15.3 Å². The second-order valence-electron chi connectivity index (χ2n) is 7.54. The Balaban J connectivity index is 1.64. The number of hydrogen-bond donors (Lipinski definition) is 1. The second-order valence-corrected chi connectivity index (χ2v) is 7.54. The molecule has 1 unspecified atom stereocenters. The minimum Gasteiger partial charge on any atom is -0.314 e. The summed E-state index contributed by atoms with van der Waals surface area (Å²) in [6, 6.07) is 1.63. The zero-order chi connectivity index (χ0) is 13.2. The lowest BCUT2D eigenvalue weighted by atomic mass is 9.75. The van der Waals surface area contributed by atoms with E-state index in [9.17, 15) is 0 Å². The molecule has 18 heavy (non-hydrogen) atoms. The van der Waals surface area contributed by atoms with Crippen molar-refractivity contribution in [3.8, 4) is 0 Å². The number of hydrogen-bond acceptors (Lipinski definition) is 2. The molecular weight excluding hydrogens is 220 g/mol. The number of rotatable bonds is 5. The van der Waals surface area contributed by atoms with Crippen LogP contribution in [0.2, 0.25) is 0 Å². The second kappa shape index (κ2) is 5.92. The summed E-state index contributed by atoms with van der Waals surface area (Å²) in [4.78, 5) is 2.71. The van der Waals surface area contributed by atoms with E-state index in [1.54, 1.807) is 0 Å². The molecule has 0 spiro atoms. The van der Waals surface area contributed by atoms with Gasteiger partial charge in [0.25, 0.3) is 0 Å². The van der Waals surface area contributed by atoms with Gasteiger partial charge in [0.05, 0.1) is 0 Å². The van der Waals surface area contributed by atoms with Crippen molar-refractivity contribution in [2.45, 2.75) is 71.9 Å². The molecule has 0 aromatic rings. The van der Waals surface area contributed by atoms with E-state index in [1.165, 1.54) is 51.7 Å². The molecule has 2 rings (SSSR count). The van der Waals surface area contributed by atoms with Crippen molar-refractivity contribution in [3.05, 3.63) is 0 Å². The number of likely N-dealkylation sites (tertiary alicyclic amines) is 1. The zero-order valence-corrected chi connectivity index (χ0v) is 12.8. The minimum absolute atomic E-state index is 0.503. The maximum atomic E-state index is 3.63. The molecule has 2 fully saturated rings. The van der Waals surface area contributed by atoms with Gasteiger partial charge in [-0.2, -0.15) is 0 Å². The van der Waals surface area contributed by atoms with Crippen molar-refractivity contribution in [3.63, 3.8) is 0 Å². The smallest absolute Gasteiger partial charge is 0.00790 e. The van der Waals surface area contributed by atoms with Crippen LogP contribution in [0.3, 0.4) is 0 Å². The van der Waals surface area contributed by atoms with Crippen LogP contribution >= 0.6 is 0 Å². The van der Waals surface area contributed by atoms with E-state index in [1.807, 2.05) is 0 Å². The van der Waals surface area contributed by atoms with Crippen LogP contribution in [0.4, 0.5) is 0 Å². The normalized spacial score (nSPS) is 25.3. The number of piperidine rings is 1. The zero-order valence-electron chi connectivity index (χ0n) is 12.8. The van der Waals surface area contributed by atoms with Crippen LogP contribution < -0.4 is 5.32 Å². The number of nitrogens with zero attached hydrogens (tertiary/aromatic N) is 1. The van der Waals surface area contributed by atoms with Gasteiger partial charge in [0.2, 0.25) is 0 Å². The van der Waals surface area contributed by atoms with Gasteiger partial charge in [0, 0.05) is 12.1 Å². The molecule has 0 bridgehead atoms.